The zero-order valence-corrected chi connectivity index (χ0v) is 17.4. The molecule has 4 nitrogen and oxygen atoms in total. The van der Waals surface area contributed by atoms with Crippen LogP contribution in [0.3, 0.4) is 0 Å². The van der Waals surface area contributed by atoms with Gasteiger partial charge in [0.2, 0.25) is 12.3 Å². The van der Waals surface area contributed by atoms with Crippen LogP contribution in [-0.2, 0) is 13.2 Å². The Balaban J connectivity index is 0.00000243. The number of hydrogen-bond acceptors (Lipinski definition) is 3. The second-order valence-corrected chi connectivity index (χ2v) is 6.61. The summed E-state index contributed by atoms with van der Waals surface area (Å²) in [6.07, 6.45) is 3.68. The molecule has 0 unspecified atom stereocenters. The normalized spacial score (nSPS) is 10.1. The summed E-state index contributed by atoms with van der Waals surface area (Å²) in [6, 6.07) is 17.0. The van der Waals surface area contributed by atoms with Crippen LogP contribution in [-0.4, -0.2) is 10.8 Å². The van der Waals surface area contributed by atoms with Crippen molar-refractivity contribution in [3.8, 4) is 5.75 Å². The molecule has 0 atom stereocenters. The predicted octanol–water partition coefficient (Wildman–Crippen LogP) is 0.906. The van der Waals surface area contributed by atoms with E-state index in [9.17, 15) is 4.79 Å². The first-order valence-electron chi connectivity index (χ1n) is 7.93. The van der Waals surface area contributed by atoms with Crippen molar-refractivity contribution < 1.29 is 31.1 Å². The summed E-state index contributed by atoms with van der Waals surface area (Å²) >= 11 is 3.39. The van der Waals surface area contributed by atoms with Crippen LogP contribution in [0.5, 0.6) is 5.75 Å². The average Bonchev–Trinajstić information content (AvgIpc) is 2.61. The zero-order chi connectivity index (χ0) is 17.6. The molecule has 3 aromatic rings. The summed E-state index contributed by atoms with van der Waals surface area (Å²) in [5.41, 5.74) is 2.55. The lowest BCUT2D eigenvalue weighted by atomic mass is 10.1. The van der Waals surface area contributed by atoms with Crippen LogP contribution < -0.4 is 26.3 Å². The lowest BCUT2D eigenvalue weighted by Gasteiger charge is -2.05. The number of carbonyl (C=O) groups excluding carboxylic acids is 1. The summed E-state index contributed by atoms with van der Waals surface area (Å²) < 4.78 is 8.47. The van der Waals surface area contributed by atoms with E-state index in [4.69, 9.17) is 4.74 Å². The largest absolute Gasteiger partial charge is 1.00 e. The van der Waals surface area contributed by atoms with Crippen molar-refractivity contribution in [3.05, 3.63) is 88.4 Å². The van der Waals surface area contributed by atoms with Gasteiger partial charge in [-0.05, 0) is 31.2 Å². The van der Waals surface area contributed by atoms with Crippen LogP contribution in [0.1, 0.15) is 21.7 Å². The van der Waals surface area contributed by atoms with E-state index in [1.807, 2.05) is 78.5 Å². The molecule has 0 saturated heterocycles. The molecule has 0 saturated carbocycles. The number of hydrogen-bond donors (Lipinski definition) is 0. The Morgan fingerprint density at radius 1 is 1.12 bits per heavy atom. The minimum atomic E-state index is 0. The smallest absolute Gasteiger partial charge is 0.227 e. The molecule has 2 aromatic heterocycles. The monoisotopic (exact) mass is 476 g/mol. The van der Waals surface area contributed by atoms with Crippen molar-refractivity contribution in [2.24, 2.45) is 0 Å². The van der Waals surface area contributed by atoms with Gasteiger partial charge in [-0.3, -0.25) is 9.78 Å². The molecule has 0 spiro atoms. The number of halogens is 2. The van der Waals surface area contributed by atoms with Crippen molar-refractivity contribution in [1.29, 1.82) is 0 Å². The minimum absolute atomic E-state index is 0. The summed E-state index contributed by atoms with van der Waals surface area (Å²) in [5.74, 6) is 0.804. The highest BCUT2D eigenvalue weighted by Crippen LogP contribution is 2.13. The fourth-order valence-electron chi connectivity index (χ4n) is 2.40. The van der Waals surface area contributed by atoms with Crippen molar-refractivity contribution in [3.63, 3.8) is 0 Å². The highest BCUT2D eigenvalue weighted by Gasteiger charge is 2.12. The number of carbonyl (C=O) groups is 1. The summed E-state index contributed by atoms with van der Waals surface area (Å²) in [7, 11) is 0. The SMILES string of the molecule is Cc1cccc(COc2cc[n+](CC(=O)c3cccc(Br)c3)cc2)n1.[Br-]. The molecule has 0 N–H and O–H groups in total. The number of ether oxygens (including phenoxy) is 1. The van der Waals surface area contributed by atoms with E-state index in [0.29, 0.717) is 12.2 Å². The maximum absolute atomic E-state index is 12.3. The Morgan fingerprint density at radius 2 is 1.85 bits per heavy atom. The molecular weight excluding hydrogens is 460 g/mol. The first-order chi connectivity index (χ1) is 12.1. The Kier molecular flexibility index (Phi) is 7.48. The van der Waals surface area contributed by atoms with E-state index >= 15 is 0 Å². The number of aryl methyl sites for hydroxylation is 1. The Morgan fingerprint density at radius 3 is 2.54 bits per heavy atom. The highest BCUT2D eigenvalue weighted by atomic mass is 79.9. The maximum Gasteiger partial charge on any atom is 0.227 e. The molecule has 134 valence electrons. The van der Waals surface area contributed by atoms with E-state index in [0.717, 1.165) is 21.6 Å². The predicted molar refractivity (Wildman–Crippen MR) is 98.4 cm³/mol. The first kappa shape index (κ1) is 20.3. The van der Waals surface area contributed by atoms with Crippen LogP contribution in [0, 0.1) is 6.92 Å². The third-order valence-electron chi connectivity index (χ3n) is 3.67. The number of benzene rings is 1. The van der Waals surface area contributed by atoms with Gasteiger partial charge in [0.15, 0.2) is 12.4 Å². The summed E-state index contributed by atoms with van der Waals surface area (Å²) in [6.45, 7) is 2.66. The number of Topliss-reactive ketones (excluding diaryl/α,β-unsaturated/α-hetero) is 1. The molecule has 0 aliphatic rings. The molecule has 6 heteroatoms. The van der Waals surface area contributed by atoms with E-state index in [2.05, 4.69) is 20.9 Å². The van der Waals surface area contributed by atoms with Gasteiger partial charge in [0, 0.05) is 27.9 Å². The number of aromatic nitrogens is 2. The second-order valence-electron chi connectivity index (χ2n) is 5.70. The van der Waals surface area contributed by atoms with Crippen molar-refractivity contribution in [2.45, 2.75) is 20.1 Å². The number of pyridine rings is 2. The molecule has 0 bridgehead atoms. The van der Waals surface area contributed by atoms with E-state index < -0.39 is 0 Å². The Bertz CT molecular complexity index is 883. The lowest BCUT2D eigenvalue weighted by molar-refractivity contribution is -0.683. The number of ketones is 1. The highest BCUT2D eigenvalue weighted by molar-refractivity contribution is 9.10. The van der Waals surface area contributed by atoms with Crippen LogP contribution in [0.25, 0.3) is 0 Å². The first-order valence-corrected chi connectivity index (χ1v) is 8.73. The van der Waals surface area contributed by atoms with Gasteiger partial charge >= 0.3 is 0 Å². The van der Waals surface area contributed by atoms with Gasteiger partial charge in [-0.1, -0.05) is 34.1 Å². The van der Waals surface area contributed by atoms with Crippen LogP contribution in [0.2, 0.25) is 0 Å². The maximum atomic E-state index is 12.3. The Hall–Kier alpha value is -2.05. The molecule has 2 heterocycles. The molecule has 3 rings (SSSR count). The van der Waals surface area contributed by atoms with Crippen molar-refractivity contribution in [2.75, 3.05) is 0 Å². The van der Waals surface area contributed by atoms with Gasteiger partial charge in [0.25, 0.3) is 0 Å². The quantitative estimate of drug-likeness (QED) is 0.391. The van der Waals surface area contributed by atoms with Gasteiger partial charge in [-0.2, -0.15) is 4.57 Å². The molecule has 0 amide bonds. The van der Waals surface area contributed by atoms with Gasteiger partial charge in [-0.15, -0.1) is 0 Å². The molecule has 0 aliphatic carbocycles. The molecule has 0 radical (unpaired) electrons. The van der Waals surface area contributed by atoms with Crippen molar-refractivity contribution in [1.82, 2.24) is 4.98 Å². The number of rotatable bonds is 6. The van der Waals surface area contributed by atoms with E-state index in [-0.39, 0.29) is 29.3 Å². The molecule has 0 fully saturated rings. The average molecular weight is 478 g/mol. The third-order valence-corrected chi connectivity index (χ3v) is 4.16. The third kappa shape index (κ3) is 5.75. The fraction of sp³-hybridized carbons (Fsp3) is 0.150. The van der Waals surface area contributed by atoms with E-state index in [1.165, 1.54) is 0 Å². The van der Waals surface area contributed by atoms with Crippen LogP contribution in [0.15, 0.2) is 71.5 Å². The van der Waals surface area contributed by atoms with Gasteiger partial charge in [0.05, 0.1) is 5.69 Å². The molecule has 0 aliphatic heterocycles. The van der Waals surface area contributed by atoms with Gasteiger partial charge in [-0.25, -0.2) is 0 Å². The standard InChI is InChI=1S/C20H18BrN2O2.BrH/c1-15-4-2-7-18(22-15)14-25-19-8-10-23(11-9-19)13-20(24)16-5-3-6-17(21)12-16;/h2-12H,13-14H2,1H3;1H/q+1;/p-1. The second kappa shape index (κ2) is 9.59. The van der Waals surface area contributed by atoms with Crippen LogP contribution >= 0.6 is 15.9 Å². The van der Waals surface area contributed by atoms with Crippen LogP contribution in [0.4, 0.5) is 0 Å². The Labute approximate surface area is 171 Å². The van der Waals surface area contributed by atoms with E-state index in [1.54, 1.807) is 0 Å². The molecule has 1 aromatic carbocycles. The molecule has 26 heavy (non-hydrogen) atoms. The minimum Gasteiger partial charge on any atom is -1.00 e. The van der Waals surface area contributed by atoms with Gasteiger partial charge in [0.1, 0.15) is 12.4 Å². The number of nitrogens with zero attached hydrogens (tertiary/aromatic N) is 2. The lowest BCUT2D eigenvalue weighted by Crippen LogP contribution is -3.00. The molecular formula is C20H18Br2N2O2. The topological polar surface area (TPSA) is 43.1 Å². The fourth-order valence-corrected chi connectivity index (χ4v) is 2.80. The zero-order valence-electron chi connectivity index (χ0n) is 14.2. The summed E-state index contributed by atoms with van der Waals surface area (Å²) in [5, 5.41) is 0. The van der Waals surface area contributed by atoms with Gasteiger partial charge < -0.3 is 21.7 Å². The summed E-state index contributed by atoms with van der Waals surface area (Å²) in [4.78, 5) is 16.7. The van der Waals surface area contributed by atoms with Crippen molar-refractivity contribution >= 4 is 21.7 Å².